The molecule has 156 valence electrons. The fraction of sp³-hybridized carbons (Fsp3) is 0.652. The second kappa shape index (κ2) is 9.25. The molecule has 6 nitrogen and oxygen atoms in total. The molecule has 1 aromatic rings. The number of hydrogen-bond acceptors (Lipinski definition) is 5. The van der Waals surface area contributed by atoms with Gasteiger partial charge >= 0.3 is 0 Å². The van der Waals surface area contributed by atoms with Crippen molar-refractivity contribution in [2.45, 2.75) is 63.1 Å². The molecule has 3 aliphatic rings. The Balaban J connectivity index is 1.30. The molecule has 0 spiro atoms. The van der Waals surface area contributed by atoms with Crippen LogP contribution in [0.2, 0.25) is 0 Å². The molecule has 6 heteroatoms. The molecule has 1 saturated heterocycles. The van der Waals surface area contributed by atoms with Gasteiger partial charge in [0.05, 0.1) is 37.4 Å². The van der Waals surface area contributed by atoms with Crippen LogP contribution in [0.3, 0.4) is 0 Å². The summed E-state index contributed by atoms with van der Waals surface area (Å²) in [4.78, 5) is 17.3. The number of hydrogen-bond donors (Lipinski definition) is 0. The van der Waals surface area contributed by atoms with Crippen LogP contribution in [0.25, 0.3) is 0 Å². The third-order valence-corrected chi connectivity index (χ3v) is 6.75. The van der Waals surface area contributed by atoms with Gasteiger partial charge in [-0.05, 0) is 56.2 Å². The van der Waals surface area contributed by atoms with Crippen LogP contribution in [-0.4, -0.2) is 62.4 Å². The molecule has 29 heavy (non-hydrogen) atoms. The van der Waals surface area contributed by atoms with Crippen molar-refractivity contribution in [1.82, 2.24) is 4.90 Å². The highest BCUT2D eigenvalue weighted by molar-refractivity contribution is 6.02. The van der Waals surface area contributed by atoms with Crippen LogP contribution in [0.15, 0.2) is 18.2 Å². The molecule has 1 aromatic carbocycles. The van der Waals surface area contributed by atoms with Gasteiger partial charge < -0.3 is 19.3 Å². The van der Waals surface area contributed by atoms with Crippen molar-refractivity contribution < 1.29 is 14.3 Å². The van der Waals surface area contributed by atoms with Crippen LogP contribution in [0.1, 0.15) is 49.7 Å². The molecule has 0 radical (unpaired) electrons. The number of anilines is 1. The number of amides is 1. The maximum absolute atomic E-state index is 12.7. The smallest absolute Gasteiger partial charge is 0.231 e. The van der Waals surface area contributed by atoms with Gasteiger partial charge in [0.15, 0.2) is 0 Å². The van der Waals surface area contributed by atoms with Crippen LogP contribution in [0.4, 0.5) is 5.69 Å². The van der Waals surface area contributed by atoms with Gasteiger partial charge in [0.2, 0.25) is 5.91 Å². The summed E-state index contributed by atoms with van der Waals surface area (Å²) >= 11 is 0. The third-order valence-electron chi connectivity index (χ3n) is 6.75. The minimum absolute atomic E-state index is 0.183. The van der Waals surface area contributed by atoms with Crippen molar-refractivity contribution in [1.29, 1.82) is 5.26 Å². The molecule has 1 amide bonds. The van der Waals surface area contributed by atoms with Gasteiger partial charge in [0.25, 0.3) is 0 Å². The number of nitrogens with zero attached hydrogens (tertiary/aromatic N) is 3. The van der Waals surface area contributed by atoms with Gasteiger partial charge in [-0.2, -0.15) is 5.26 Å². The standard InChI is InChI=1S/C23H31N3O3/c1-28-12-13-29-21-6-4-19(5-7-21)25-10-8-20(9-11-25)26-22-14-17(16-24)2-3-18(22)15-23(26)27/h2-3,14,19-21H,4-13,15H2,1H3. The first kappa shape index (κ1) is 20.3. The van der Waals surface area contributed by atoms with Gasteiger partial charge in [-0.3, -0.25) is 4.79 Å². The summed E-state index contributed by atoms with van der Waals surface area (Å²) in [7, 11) is 1.71. The van der Waals surface area contributed by atoms with E-state index in [1.54, 1.807) is 7.11 Å². The highest BCUT2D eigenvalue weighted by Gasteiger charge is 2.36. The van der Waals surface area contributed by atoms with E-state index in [1.807, 2.05) is 23.1 Å². The Morgan fingerprint density at radius 1 is 1.07 bits per heavy atom. The van der Waals surface area contributed by atoms with E-state index in [9.17, 15) is 10.1 Å². The Labute approximate surface area is 173 Å². The lowest BCUT2D eigenvalue weighted by Gasteiger charge is -2.42. The predicted molar refractivity (Wildman–Crippen MR) is 111 cm³/mol. The van der Waals surface area contributed by atoms with Crippen molar-refractivity contribution >= 4 is 11.6 Å². The number of benzene rings is 1. The molecule has 0 bridgehead atoms. The van der Waals surface area contributed by atoms with E-state index in [1.165, 1.54) is 12.8 Å². The van der Waals surface area contributed by atoms with Gasteiger partial charge in [-0.15, -0.1) is 0 Å². The summed E-state index contributed by atoms with van der Waals surface area (Å²) in [5, 5.41) is 9.21. The van der Waals surface area contributed by atoms with Crippen molar-refractivity contribution in [3.63, 3.8) is 0 Å². The predicted octanol–water partition coefficient (Wildman–Crippen LogP) is 2.89. The molecule has 1 aliphatic carbocycles. The lowest BCUT2D eigenvalue weighted by molar-refractivity contribution is -0.118. The Morgan fingerprint density at radius 2 is 1.83 bits per heavy atom. The van der Waals surface area contributed by atoms with E-state index < -0.39 is 0 Å². The normalized spacial score (nSPS) is 25.8. The molecule has 1 saturated carbocycles. The lowest BCUT2D eigenvalue weighted by atomic mass is 9.90. The average Bonchev–Trinajstić information content (AvgIpc) is 3.09. The van der Waals surface area contributed by atoms with Crippen LogP contribution >= 0.6 is 0 Å². The monoisotopic (exact) mass is 397 g/mol. The Kier molecular flexibility index (Phi) is 6.49. The van der Waals surface area contributed by atoms with Gasteiger partial charge in [0.1, 0.15) is 0 Å². The number of ether oxygens (including phenoxy) is 2. The van der Waals surface area contributed by atoms with Crippen LogP contribution in [-0.2, 0) is 20.7 Å². The maximum atomic E-state index is 12.7. The number of carbonyl (C=O) groups excluding carboxylic acids is 1. The quantitative estimate of drug-likeness (QED) is 0.691. The number of likely N-dealkylation sites (tertiary alicyclic amines) is 1. The SMILES string of the molecule is COCCOC1CCC(N2CCC(N3C(=O)Cc4ccc(C#N)cc43)CC2)CC1. The van der Waals surface area contributed by atoms with Crippen molar-refractivity contribution in [2.75, 3.05) is 38.3 Å². The van der Waals surface area contributed by atoms with E-state index in [2.05, 4.69) is 11.0 Å². The highest BCUT2D eigenvalue weighted by Crippen LogP contribution is 2.35. The number of fused-ring (bicyclic) bond motifs is 1. The van der Waals surface area contributed by atoms with Crippen LogP contribution in [0.5, 0.6) is 0 Å². The largest absolute Gasteiger partial charge is 0.382 e. The highest BCUT2D eigenvalue weighted by atomic mass is 16.5. The molecule has 2 aliphatic heterocycles. The molecular formula is C23H31N3O3. The summed E-state index contributed by atoms with van der Waals surface area (Å²) < 4.78 is 11.0. The van der Waals surface area contributed by atoms with Crippen molar-refractivity contribution in [3.8, 4) is 6.07 Å². The number of piperidine rings is 1. The average molecular weight is 398 g/mol. The molecule has 4 rings (SSSR count). The summed E-state index contributed by atoms with van der Waals surface area (Å²) in [5.41, 5.74) is 2.65. The van der Waals surface area contributed by atoms with Crippen molar-refractivity contribution in [3.05, 3.63) is 29.3 Å². The first-order valence-corrected chi connectivity index (χ1v) is 10.9. The Hall–Kier alpha value is -1.94. The second-order valence-electron chi connectivity index (χ2n) is 8.46. The molecule has 0 atom stereocenters. The summed E-state index contributed by atoms with van der Waals surface area (Å²) in [6, 6.07) is 8.74. The molecule has 0 N–H and O–H groups in total. The molecule has 2 fully saturated rings. The zero-order valence-electron chi connectivity index (χ0n) is 17.3. The minimum Gasteiger partial charge on any atom is -0.382 e. The van der Waals surface area contributed by atoms with Gasteiger partial charge in [0, 0.05) is 38.0 Å². The van der Waals surface area contributed by atoms with Gasteiger partial charge in [-0.25, -0.2) is 0 Å². The van der Waals surface area contributed by atoms with Gasteiger partial charge in [-0.1, -0.05) is 6.07 Å². The first-order chi connectivity index (χ1) is 14.2. The molecule has 2 heterocycles. The topological polar surface area (TPSA) is 65.8 Å². The number of methoxy groups -OCH3 is 1. The molecule has 0 unspecified atom stereocenters. The van der Waals surface area contributed by atoms with E-state index in [0.29, 0.717) is 37.3 Å². The zero-order chi connectivity index (χ0) is 20.2. The fourth-order valence-corrected chi connectivity index (χ4v) is 5.17. The van der Waals surface area contributed by atoms with E-state index in [4.69, 9.17) is 9.47 Å². The maximum Gasteiger partial charge on any atom is 0.231 e. The Morgan fingerprint density at radius 3 is 2.52 bits per heavy atom. The fourth-order valence-electron chi connectivity index (χ4n) is 5.17. The summed E-state index contributed by atoms with van der Waals surface area (Å²) in [6.45, 7) is 3.45. The molecule has 0 aromatic heterocycles. The summed E-state index contributed by atoms with van der Waals surface area (Å²) in [6.07, 6.45) is 7.50. The first-order valence-electron chi connectivity index (χ1n) is 10.9. The number of carbonyl (C=O) groups is 1. The third kappa shape index (κ3) is 4.48. The lowest BCUT2D eigenvalue weighted by Crippen LogP contribution is -2.50. The summed E-state index contributed by atoms with van der Waals surface area (Å²) in [5.74, 6) is 0.183. The minimum atomic E-state index is 0.183. The number of rotatable bonds is 6. The van der Waals surface area contributed by atoms with Crippen LogP contribution in [0, 0.1) is 11.3 Å². The van der Waals surface area contributed by atoms with E-state index >= 15 is 0 Å². The Bertz CT molecular complexity index is 759. The number of nitriles is 1. The van der Waals surface area contributed by atoms with Crippen molar-refractivity contribution in [2.24, 2.45) is 0 Å². The zero-order valence-corrected chi connectivity index (χ0v) is 17.3. The molecular weight excluding hydrogens is 366 g/mol. The van der Waals surface area contributed by atoms with E-state index in [0.717, 1.165) is 50.0 Å². The second-order valence-corrected chi connectivity index (χ2v) is 8.46. The van der Waals surface area contributed by atoms with E-state index in [-0.39, 0.29) is 11.9 Å². The van der Waals surface area contributed by atoms with Crippen LogP contribution < -0.4 is 4.90 Å².